The fourth-order valence-corrected chi connectivity index (χ4v) is 1.91. The molecule has 3 heteroatoms. The van der Waals surface area contributed by atoms with Gasteiger partial charge in [0.1, 0.15) is 5.57 Å². The predicted molar refractivity (Wildman–Crippen MR) is 71.0 cm³/mol. The van der Waals surface area contributed by atoms with Crippen LogP contribution in [0.3, 0.4) is 0 Å². The first-order valence-corrected chi connectivity index (χ1v) is 5.57. The molecule has 0 N–H and O–H groups in total. The van der Waals surface area contributed by atoms with Crippen molar-refractivity contribution in [1.29, 1.82) is 0 Å². The fraction of sp³-hybridized carbons (Fsp3) is 0.133. The second-order valence-electron chi connectivity index (χ2n) is 3.79. The maximum Gasteiger partial charge on any atom is 0.341 e. The topological polar surface area (TPSA) is 35.5 Å². The highest BCUT2D eigenvalue weighted by atomic mass is 16.5. The van der Waals surface area contributed by atoms with Gasteiger partial charge in [0, 0.05) is 0 Å². The molecule has 0 heterocycles. The molecule has 0 amide bonds. The Kier molecular flexibility index (Phi) is 3.63. The first-order chi connectivity index (χ1) is 8.77. The van der Waals surface area contributed by atoms with Crippen LogP contribution < -0.4 is 0 Å². The average Bonchev–Trinajstić information content (AvgIpc) is 2.43. The van der Waals surface area contributed by atoms with Crippen LogP contribution in [0.4, 0.5) is 0 Å². The van der Waals surface area contributed by atoms with Crippen LogP contribution >= 0.6 is 0 Å². The minimum atomic E-state index is -0.409. The summed E-state index contributed by atoms with van der Waals surface area (Å²) in [6, 6.07) is 13.7. The lowest BCUT2D eigenvalue weighted by molar-refractivity contribution is -0.133. The summed E-state index contributed by atoms with van der Waals surface area (Å²) in [5, 5.41) is 2.06. The molecule has 0 saturated heterocycles. The van der Waals surface area contributed by atoms with Crippen molar-refractivity contribution in [1.82, 2.24) is 0 Å². The number of hydrogen-bond acceptors (Lipinski definition) is 3. The number of esters is 1. The van der Waals surface area contributed by atoms with Gasteiger partial charge in [-0.2, -0.15) is 0 Å². The summed E-state index contributed by atoms with van der Waals surface area (Å²) in [5.41, 5.74) is 1.22. The third-order valence-electron chi connectivity index (χ3n) is 2.72. The Morgan fingerprint density at radius 3 is 2.50 bits per heavy atom. The second-order valence-corrected chi connectivity index (χ2v) is 3.79. The summed E-state index contributed by atoms with van der Waals surface area (Å²) >= 11 is 0. The van der Waals surface area contributed by atoms with Crippen molar-refractivity contribution in [2.45, 2.75) is 0 Å². The standard InChI is InChI=1S/C15H14O3/c1-17-10-14(15(16)18-2)13-9-5-7-11-6-3-4-8-12(11)13/h3-10H,1-2H3. The van der Waals surface area contributed by atoms with Gasteiger partial charge >= 0.3 is 5.97 Å². The number of rotatable bonds is 3. The monoisotopic (exact) mass is 242 g/mol. The summed E-state index contributed by atoms with van der Waals surface area (Å²) in [5.74, 6) is -0.409. The van der Waals surface area contributed by atoms with E-state index in [1.165, 1.54) is 20.5 Å². The summed E-state index contributed by atoms with van der Waals surface area (Å²) in [7, 11) is 2.87. The molecule has 0 radical (unpaired) electrons. The first kappa shape index (κ1) is 12.2. The van der Waals surface area contributed by atoms with Crippen molar-refractivity contribution in [2.24, 2.45) is 0 Å². The van der Waals surface area contributed by atoms with Crippen LogP contribution in [-0.2, 0) is 14.3 Å². The molecule has 2 aromatic carbocycles. The quantitative estimate of drug-likeness (QED) is 0.471. The Labute approximate surface area is 106 Å². The highest BCUT2D eigenvalue weighted by molar-refractivity contribution is 6.19. The number of fused-ring (bicyclic) bond motifs is 1. The molecule has 0 aliphatic carbocycles. The number of hydrogen-bond donors (Lipinski definition) is 0. The summed E-state index contributed by atoms with van der Waals surface area (Å²) in [6.07, 6.45) is 1.41. The normalized spacial score (nSPS) is 11.3. The van der Waals surface area contributed by atoms with Gasteiger partial charge in [-0.25, -0.2) is 4.79 Å². The van der Waals surface area contributed by atoms with Crippen LogP contribution in [0.25, 0.3) is 16.3 Å². The molecule has 0 aliphatic rings. The molecule has 0 atom stereocenters. The lowest BCUT2D eigenvalue weighted by atomic mass is 9.99. The number of carbonyl (C=O) groups excluding carboxylic acids is 1. The minimum absolute atomic E-state index is 0.409. The van der Waals surface area contributed by atoms with E-state index in [0.29, 0.717) is 5.57 Å². The van der Waals surface area contributed by atoms with Crippen molar-refractivity contribution in [3.8, 4) is 0 Å². The molecule has 0 fully saturated rings. The van der Waals surface area contributed by atoms with Gasteiger partial charge in [0.15, 0.2) is 0 Å². The molecule has 2 rings (SSSR count). The molecule has 0 bridgehead atoms. The van der Waals surface area contributed by atoms with E-state index in [9.17, 15) is 4.79 Å². The van der Waals surface area contributed by atoms with Crippen molar-refractivity contribution in [3.05, 3.63) is 54.3 Å². The van der Waals surface area contributed by atoms with Crippen LogP contribution in [-0.4, -0.2) is 20.2 Å². The Bertz CT molecular complexity index is 594. The van der Waals surface area contributed by atoms with Crippen molar-refractivity contribution in [2.75, 3.05) is 14.2 Å². The predicted octanol–water partition coefficient (Wildman–Crippen LogP) is 3.00. The van der Waals surface area contributed by atoms with E-state index in [-0.39, 0.29) is 0 Å². The Hall–Kier alpha value is -2.29. The summed E-state index contributed by atoms with van der Waals surface area (Å²) in [6.45, 7) is 0. The van der Waals surface area contributed by atoms with Crippen molar-refractivity contribution >= 4 is 22.3 Å². The van der Waals surface area contributed by atoms with E-state index < -0.39 is 5.97 Å². The second kappa shape index (κ2) is 5.36. The molecule has 0 saturated carbocycles. The van der Waals surface area contributed by atoms with Gasteiger partial charge in [0.25, 0.3) is 0 Å². The van der Waals surface area contributed by atoms with Crippen LogP contribution in [0.15, 0.2) is 48.7 Å². The van der Waals surface area contributed by atoms with Crippen molar-refractivity contribution in [3.63, 3.8) is 0 Å². The van der Waals surface area contributed by atoms with Gasteiger partial charge < -0.3 is 9.47 Å². The molecule has 0 spiro atoms. The molecule has 2 aromatic rings. The highest BCUT2D eigenvalue weighted by Crippen LogP contribution is 2.25. The lowest BCUT2D eigenvalue weighted by Crippen LogP contribution is -2.04. The number of methoxy groups -OCH3 is 2. The summed E-state index contributed by atoms with van der Waals surface area (Å²) < 4.78 is 9.75. The van der Waals surface area contributed by atoms with Crippen LogP contribution in [0.2, 0.25) is 0 Å². The van der Waals surface area contributed by atoms with Gasteiger partial charge in [0.2, 0.25) is 0 Å². The number of benzene rings is 2. The third kappa shape index (κ3) is 2.20. The molecule has 0 unspecified atom stereocenters. The van der Waals surface area contributed by atoms with Crippen molar-refractivity contribution < 1.29 is 14.3 Å². The van der Waals surface area contributed by atoms with E-state index >= 15 is 0 Å². The molecular weight excluding hydrogens is 228 g/mol. The van der Waals surface area contributed by atoms with E-state index in [1.54, 1.807) is 0 Å². The maximum absolute atomic E-state index is 11.8. The minimum Gasteiger partial charge on any atom is -0.503 e. The number of ether oxygens (including phenoxy) is 2. The van der Waals surface area contributed by atoms with Crippen LogP contribution in [0.5, 0.6) is 0 Å². The Balaban J connectivity index is 2.65. The molecule has 0 aromatic heterocycles. The molecule has 3 nitrogen and oxygen atoms in total. The van der Waals surface area contributed by atoms with E-state index in [4.69, 9.17) is 9.47 Å². The Morgan fingerprint density at radius 1 is 1.06 bits per heavy atom. The van der Waals surface area contributed by atoms with Gasteiger partial charge in [-0.05, 0) is 16.3 Å². The SMILES string of the molecule is COC=C(C(=O)OC)c1cccc2ccccc12. The van der Waals surface area contributed by atoms with Gasteiger partial charge in [-0.15, -0.1) is 0 Å². The van der Waals surface area contributed by atoms with Gasteiger partial charge in [0.05, 0.1) is 20.5 Å². The molecule has 92 valence electrons. The smallest absolute Gasteiger partial charge is 0.341 e. The van der Waals surface area contributed by atoms with Gasteiger partial charge in [-0.3, -0.25) is 0 Å². The van der Waals surface area contributed by atoms with Crippen LogP contribution in [0, 0.1) is 0 Å². The molecule has 18 heavy (non-hydrogen) atoms. The average molecular weight is 242 g/mol. The lowest BCUT2D eigenvalue weighted by Gasteiger charge is -2.08. The van der Waals surface area contributed by atoms with E-state index in [2.05, 4.69) is 0 Å². The first-order valence-electron chi connectivity index (χ1n) is 5.57. The zero-order valence-corrected chi connectivity index (χ0v) is 10.3. The van der Waals surface area contributed by atoms with Gasteiger partial charge in [-0.1, -0.05) is 42.5 Å². The zero-order chi connectivity index (χ0) is 13.0. The van der Waals surface area contributed by atoms with E-state index in [1.807, 2.05) is 42.5 Å². The maximum atomic E-state index is 11.8. The molecule has 0 aliphatic heterocycles. The van der Waals surface area contributed by atoms with E-state index in [0.717, 1.165) is 16.3 Å². The summed E-state index contributed by atoms with van der Waals surface area (Å²) in [4.78, 5) is 11.8. The Morgan fingerprint density at radius 2 is 1.78 bits per heavy atom. The zero-order valence-electron chi connectivity index (χ0n) is 10.3. The fourth-order valence-electron chi connectivity index (χ4n) is 1.91. The third-order valence-corrected chi connectivity index (χ3v) is 2.72. The largest absolute Gasteiger partial charge is 0.503 e. The number of carbonyl (C=O) groups is 1. The van der Waals surface area contributed by atoms with Crippen LogP contribution in [0.1, 0.15) is 5.56 Å². The molecular formula is C15H14O3. The highest BCUT2D eigenvalue weighted by Gasteiger charge is 2.15.